The Labute approximate surface area is 123 Å². The first-order chi connectivity index (χ1) is 9.49. The second-order valence-electron chi connectivity index (χ2n) is 5.69. The molecular weight excluding hydrogens is 248 g/mol. The number of amides is 1. The minimum Gasteiger partial charge on any atom is -0.385 e. The van der Waals surface area contributed by atoms with E-state index < -0.39 is 0 Å². The van der Waals surface area contributed by atoms with Gasteiger partial charge in [0, 0.05) is 30.9 Å². The van der Waals surface area contributed by atoms with Crippen LogP contribution in [-0.4, -0.2) is 30.4 Å². The lowest BCUT2D eigenvalue weighted by atomic mass is 10.1. The summed E-state index contributed by atoms with van der Waals surface area (Å²) in [6.07, 6.45) is 1.10. The van der Waals surface area contributed by atoms with E-state index in [0.29, 0.717) is 5.92 Å². The van der Waals surface area contributed by atoms with Gasteiger partial charge in [-0.3, -0.25) is 4.79 Å². The summed E-state index contributed by atoms with van der Waals surface area (Å²) < 4.78 is 0. The summed E-state index contributed by atoms with van der Waals surface area (Å²) in [4.78, 5) is 14.4. The van der Waals surface area contributed by atoms with Crippen molar-refractivity contribution in [1.29, 1.82) is 0 Å². The predicted octanol–water partition coefficient (Wildman–Crippen LogP) is 3.94. The molecule has 0 atom stereocenters. The molecule has 0 heterocycles. The van der Waals surface area contributed by atoms with E-state index in [1.165, 1.54) is 0 Å². The van der Waals surface area contributed by atoms with Crippen molar-refractivity contribution in [2.75, 3.05) is 25.0 Å². The third-order valence-electron chi connectivity index (χ3n) is 3.29. The SMILES string of the molecule is CCCNc1ccc(C(=O)N(CC)CC(C)C)cc1C. The van der Waals surface area contributed by atoms with Crippen LogP contribution in [0.15, 0.2) is 18.2 Å². The Kier molecular flexibility index (Phi) is 6.56. The van der Waals surface area contributed by atoms with E-state index in [1.807, 2.05) is 36.9 Å². The summed E-state index contributed by atoms with van der Waals surface area (Å²) in [5.41, 5.74) is 3.03. The van der Waals surface area contributed by atoms with E-state index >= 15 is 0 Å². The van der Waals surface area contributed by atoms with E-state index in [2.05, 4.69) is 26.1 Å². The van der Waals surface area contributed by atoms with Gasteiger partial charge in [0.15, 0.2) is 0 Å². The van der Waals surface area contributed by atoms with Gasteiger partial charge in [0.05, 0.1) is 0 Å². The molecule has 3 nitrogen and oxygen atoms in total. The van der Waals surface area contributed by atoms with E-state index in [0.717, 1.165) is 42.9 Å². The molecule has 0 aliphatic rings. The van der Waals surface area contributed by atoms with Crippen molar-refractivity contribution in [1.82, 2.24) is 4.90 Å². The number of anilines is 1. The first-order valence-electron chi connectivity index (χ1n) is 7.63. The third kappa shape index (κ3) is 4.55. The maximum absolute atomic E-state index is 12.5. The van der Waals surface area contributed by atoms with Crippen LogP contribution in [-0.2, 0) is 0 Å². The van der Waals surface area contributed by atoms with Crippen LogP contribution in [0.25, 0.3) is 0 Å². The average Bonchev–Trinajstić information content (AvgIpc) is 2.42. The van der Waals surface area contributed by atoms with Gasteiger partial charge < -0.3 is 10.2 Å². The number of aryl methyl sites for hydroxylation is 1. The molecule has 1 aromatic rings. The number of benzene rings is 1. The van der Waals surface area contributed by atoms with Gasteiger partial charge in [-0.25, -0.2) is 0 Å². The quantitative estimate of drug-likeness (QED) is 0.818. The summed E-state index contributed by atoms with van der Waals surface area (Å²) >= 11 is 0. The molecule has 0 saturated heterocycles. The van der Waals surface area contributed by atoms with Crippen LogP contribution in [0.3, 0.4) is 0 Å². The molecule has 0 aliphatic carbocycles. The highest BCUT2D eigenvalue weighted by Gasteiger charge is 2.15. The number of carbonyl (C=O) groups excluding carboxylic acids is 1. The maximum Gasteiger partial charge on any atom is 0.253 e. The Hall–Kier alpha value is -1.51. The lowest BCUT2D eigenvalue weighted by molar-refractivity contribution is 0.0745. The van der Waals surface area contributed by atoms with Crippen molar-refractivity contribution in [3.8, 4) is 0 Å². The van der Waals surface area contributed by atoms with Gasteiger partial charge in [0.1, 0.15) is 0 Å². The topological polar surface area (TPSA) is 32.3 Å². The third-order valence-corrected chi connectivity index (χ3v) is 3.29. The van der Waals surface area contributed by atoms with Crippen molar-refractivity contribution in [2.45, 2.75) is 41.0 Å². The van der Waals surface area contributed by atoms with Crippen molar-refractivity contribution in [3.63, 3.8) is 0 Å². The number of hydrogen-bond acceptors (Lipinski definition) is 2. The van der Waals surface area contributed by atoms with Crippen molar-refractivity contribution >= 4 is 11.6 Å². The fourth-order valence-electron chi connectivity index (χ4n) is 2.23. The Morgan fingerprint density at radius 1 is 1.30 bits per heavy atom. The summed E-state index contributed by atoms with van der Waals surface area (Å²) in [7, 11) is 0. The Morgan fingerprint density at radius 2 is 2.00 bits per heavy atom. The lowest BCUT2D eigenvalue weighted by Gasteiger charge is -2.23. The molecule has 0 unspecified atom stereocenters. The van der Waals surface area contributed by atoms with Gasteiger partial charge in [-0.15, -0.1) is 0 Å². The molecule has 1 amide bonds. The number of nitrogens with one attached hydrogen (secondary N) is 1. The van der Waals surface area contributed by atoms with Crippen LogP contribution in [0.1, 0.15) is 50.0 Å². The molecule has 1 rings (SSSR count). The van der Waals surface area contributed by atoms with Crippen LogP contribution < -0.4 is 5.32 Å². The highest BCUT2D eigenvalue weighted by molar-refractivity contribution is 5.95. The molecule has 3 heteroatoms. The summed E-state index contributed by atoms with van der Waals surface area (Å²) in [5.74, 6) is 0.622. The van der Waals surface area contributed by atoms with E-state index in [1.54, 1.807) is 0 Å². The van der Waals surface area contributed by atoms with E-state index in [4.69, 9.17) is 0 Å². The standard InChI is InChI=1S/C17H28N2O/c1-6-10-18-16-9-8-15(11-14(16)5)17(20)19(7-2)12-13(3)4/h8-9,11,13,18H,6-7,10,12H2,1-5H3. The zero-order valence-electron chi connectivity index (χ0n) is 13.5. The van der Waals surface area contributed by atoms with Crippen LogP contribution in [0, 0.1) is 12.8 Å². The summed E-state index contributed by atoms with van der Waals surface area (Å²) in [6, 6.07) is 5.93. The summed E-state index contributed by atoms with van der Waals surface area (Å²) in [6.45, 7) is 13.0. The minimum atomic E-state index is 0.131. The smallest absolute Gasteiger partial charge is 0.253 e. The number of rotatable bonds is 7. The number of hydrogen-bond donors (Lipinski definition) is 1. The highest BCUT2D eigenvalue weighted by atomic mass is 16.2. The molecule has 0 aromatic heterocycles. The Bertz CT molecular complexity index is 441. The molecule has 0 saturated carbocycles. The van der Waals surface area contributed by atoms with Crippen LogP contribution in [0.5, 0.6) is 0 Å². The second-order valence-corrected chi connectivity index (χ2v) is 5.69. The van der Waals surface area contributed by atoms with Gasteiger partial charge in [0.25, 0.3) is 5.91 Å². The Morgan fingerprint density at radius 3 is 2.50 bits per heavy atom. The lowest BCUT2D eigenvalue weighted by Crippen LogP contribution is -2.34. The first kappa shape index (κ1) is 16.5. The van der Waals surface area contributed by atoms with Crippen molar-refractivity contribution < 1.29 is 4.79 Å². The van der Waals surface area contributed by atoms with Gasteiger partial charge in [-0.05, 0) is 49.9 Å². The molecule has 0 aliphatic heterocycles. The van der Waals surface area contributed by atoms with Gasteiger partial charge in [-0.2, -0.15) is 0 Å². The van der Waals surface area contributed by atoms with Crippen molar-refractivity contribution in [3.05, 3.63) is 29.3 Å². The molecule has 0 spiro atoms. The second kappa shape index (κ2) is 7.93. The molecule has 0 bridgehead atoms. The fraction of sp³-hybridized carbons (Fsp3) is 0.588. The first-order valence-corrected chi connectivity index (χ1v) is 7.63. The molecule has 1 N–H and O–H groups in total. The van der Waals surface area contributed by atoms with Crippen LogP contribution >= 0.6 is 0 Å². The average molecular weight is 276 g/mol. The monoisotopic (exact) mass is 276 g/mol. The summed E-state index contributed by atoms with van der Waals surface area (Å²) in [5, 5.41) is 3.38. The number of nitrogens with zero attached hydrogens (tertiary/aromatic N) is 1. The van der Waals surface area contributed by atoms with Crippen molar-refractivity contribution in [2.24, 2.45) is 5.92 Å². The maximum atomic E-state index is 12.5. The van der Waals surface area contributed by atoms with Gasteiger partial charge >= 0.3 is 0 Å². The Balaban J connectivity index is 2.85. The zero-order valence-corrected chi connectivity index (χ0v) is 13.5. The van der Waals surface area contributed by atoms with Crippen LogP contribution in [0.2, 0.25) is 0 Å². The minimum absolute atomic E-state index is 0.131. The molecule has 112 valence electrons. The molecule has 1 aromatic carbocycles. The highest BCUT2D eigenvalue weighted by Crippen LogP contribution is 2.18. The van der Waals surface area contributed by atoms with E-state index in [-0.39, 0.29) is 5.91 Å². The largest absolute Gasteiger partial charge is 0.385 e. The normalized spacial score (nSPS) is 10.7. The fourth-order valence-corrected chi connectivity index (χ4v) is 2.23. The molecule has 0 fully saturated rings. The van der Waals surface area contributed by atoms with Crippen LogP contribution in [0.4, 0.5) is 5.69 Å². The van der Waals surface area contributed by atoms with Gasteiger partial charge in [0.2, 0.25) is 0 Å². The number of carbonyl (C=O) groups is 1. The molecule has 20 heavy (non-hydrogen) atoms. The predicted molar refractivity (Wildman–Crippen MR) is 86.4 cm³/mol. The zero-order chi connectivity index (χ0) is 15.1. The molecular formula is C17H28N2O. The van der Waals surface area contributed by atoms with Gasteiger partial charge in [-0.1, -0.05) is 20.8 Å². The van der Waals surface area contributed by atoms with E-state index in [9.17, 15) is 4.79 Å². The molecule has 0 radical (unpaired) electrons.